The van der Waals surface area contributed by atoms with Gasteiger partial charge in [-0.05, 0) is 12.1 Å². The second-order valence-electron chi connectivity index (χ2n) is 1.30. The van der Waals surface area contributed by atoms with Crippen LogP contribution in [-0.4, -0.2) is 0 Å². The highest BCUT2D eigenvalue weighted by molar-refractivity contribution is 5.02. The van der Waals surface area contributed by atoms with Crippen LogP contribution in [0.1, 0.15) is 29.1 Å². The van der Waals surface area contributed by atoms with Crippen molar-refractivity contribution in [2.45, 2.75) is 27.7 Å². The fourth-order valence-corrected chi connectivity index (χ4v) is 0.415. The zero-order chi connectivity index (χ0) is 9.11. The third-order valence-electron chi connectivity index (χ3n) is 0.733. The first-order valence-corrected chi connectivity index (χ1v) is 4.10. The standard InChI is InChI=1S/C6H5F.2C2H6.H2/c7-6-4-2-1-3-5-6;2*1-2;/h1-5H;2*1-2H3;1H. The average Bonchev–Trinajstić information content (AvgIpc) is 2.13. The molecular weight excluding hydrogens is 139 g/mol. The lowest BCUT2D eigenvalue weighted by Gasteiger charge is -1.78. The summed E-state index contributed by atoms with van der Waals surface area (Å²) in [6.07, 6.45) is 0. The van der Waals surface area contributed by atoms with Crippen molar-refractivity contribution in [2.75, 3.05) is 0 Å². The van der Waals surface area contributed by atoms with Crippen molar-refractivity contribution in [3.05, 3.63) is 36.1 Å². The molecule has 0 aromatic heterocycles. The monoisotopic (exact) mass is 158 g/mol. The predicted molar refractivity (Wildman–Crippen MR) is 51.2 cm³/mol. The maximum Gasteiger partial charge on any atom is 0.123 e. The zero-order valence-electron chi connectivity index (χ0n) is 7.76. The van der Waals surface area contributed by atoms with Crippen molar-refractivity contribution in [1.29, 1.82) is 0 Å². The minimum atomic E-state index is -0.178. The minimum Gasteiger partial charge on any atom is -0.207 e. The van der Waals surface area contributed by atoms with Crippen molar-refractivity contribution in [1.82, 2.24) is 0 Å². The van der Waals surface area contributed by atoms with Gasteiger partial charge in [0.1, 0.15) is 5.82 Å². The lowest BCUT2D eigenvalue weighted by molar-refractivity contribution is 0.628. The van der Waals surface area contributed by atoms with E-state index in [9.17, 15) is 4.39 Å². The number of rotatable bonds is 0. The molecule has 1 heteroatoms. The second kappa shape index (κ2) is 11.9. The fourth-order valence-electron chi connectivity index (χ4n) is 0.415. The first kappa shape index (κ1) is 12.8. The van der Waals surface area contributed by atoms with Gasteiger partial charge in [-0.25, -0.2) is 4.39 Å². The third kappa shape index (κ3) is 9.15. The van der Waals surface area contributed by atoms with Gasteiger partial charge in [0, 0.05) is 1.43 Å². The van der Waals surface area contributed by atoms with Crippen LogP contribution in [0.25, 0.3) is 0 Å². The van der Waals surface area contributed by atoms with E-state index in [0.717, 1.165) is 0 Å². The summed E-state index contributed by atoms with van der Waals surface area (Å²) in [5.41, 5.74) is 0. The minimum absolute atomic E-state index is 0. The van der Waals surface area contributed by atoms with Gasteiger partial charge in [-0.2, -0.15) is 0 Å². The molecule has 0 bridgehead atoms. The molecule has 0 spiro atoms. The third-order valence-corrected chi connectivity index (χ3v) is 0.733. The van der Waals surface area contributed by atoms with E-state index in [2.05, 4.69) is 0 Å². The van der Waals surface area contributed by atoms with E-state index in [0.29, 0.717) is 0 Å². The van der Waals surface area contributed by atoms with Gasteiger partial charge >= 0.3 is 0 Å². The van der Waals surface area contributed by atoms with E-state index < -0.39 is 0 Å². The number of hydrogen-bond donors (Lipinski definition) is 0. The van der Waals surface area contributed by atoms with Gasteiger partial charge in [-0.1, -0.05) is 45.9 Å². The zero-order valence-corrected chi connectivity index (χ0v) is 7.76. The van der Waals surface area contributed by atoms with Crippen LogP contribution in [0.3, 0.4) is 0 Å². The molecule has 0 saturated carbocycles. The lowest BCUT2D eigenvalue weighted by atomic mass is 10.4. The van der Waals surface area contributed by atoms with Gasteiger partial charge in [-0.3, -0.25) is 0 Å². The molecule has 1 aromatic carbocycles. The second-order valence-corrected chi connectivity index (χ2v) is 1.30. The molecule has 0 aliphatic rings. The van der Waals surface area contributed by atoms with Crippen LogP contribution in [0, 0.1) is 5.82 Å². The molecular formula is C10H19F. The Hall–Kier alpha value is -0.850. The average molecular weight is 158 g/mol. The summed E-state index contributed by atoms with van der Waals surface area (Å²) in [6, 6.07) is 7.94. The van der Waals surface area contributed by atoms with E-state index in [-0.39, 0.29) is 7.24 Å². The van der Waals surface area contributed by atoms with Crippen LogP contribution in [0.2, 0.25) is 0 Å². The Morgan fingerprint density at radius 1 is 0.909 bits per heavy atom. The first-order valence-electron chi connectivity index (χ1n) is 4.10. The van der Waals surface area contributed by atoms with Gasteiger partial charge in [0.2, 0.25) is 0 Å². The number of hydrogen-bond acceptors (Lipinski definition) is 0. The van der Waals surface area contributed by atoms with Crippen molar-refractivity contribution in [3.63, 3.8) is 0 Å². The molecule has 1 aromatic rings. The smallest absolute Gasteiger partial charge is 0.123 e. The fraction of sp³-hybridized carbons (Fsp3) is 0.400. The molecule has 0 fully saturated rings. The Labute approximate surface area is 70.6 Å². The van der Waals surface area contributed by atoms with Crippen LogP contribution in [0.15, 0.2) is 30.3 Å². The Bertz CT molecular complexity index is 140. The van der Waals surface area contributed by atoms with E-state index in [1.54, 1.807) is 18.2 Å². The van der Waals surface area contributed by atoms with Crippen molar-refractivity contribution < 1.29 is 5.82 Å². The molecule has 66 valence electrons. The summed E-state index contributed by atoms with van der Waals surface area (Å²) >= 11 is 0. The van der Waals surface area contributed by atoms with Crippen LogP contribution in [0.5, 0.6) is 0 Å². The van der Waals surface area contributed by atoms with E-state index >= 15 is 0 Å². The van der Waals surface area contributed by atoms with Gasteiger partial charge in [0.05, 0.1) is 0 Å². The summed E-state index contributed by atoms with van der Waals surface area (Å²) in [5, 5.41) is 0. The summed E-state index contributed by atoms with van der Waals surface area (Å²) < 4.78 is 11.9. The molecule has 1 rings (SSSR count). The van der Waals surface area contributed by atoms with Crippen LogP contribution >= 0.6 is 0 Å². The first-order chi connectivity index (χ1) is 5.39. The van der Waals surface area contributed by atoms with Crippen molar-refractivity contribution in [3.8, 4) is 0 Å². The van der Waals surface area contributed by atoms with Gasteiger partial charge in [-0.15, -0.1) is 0 Å². The number of halogens is 1. The quantitative estimate of drug-likeness (QED) is 0.532. The van der Waals surface area contributed by atoms with Crippen LogP contribution in [0.4, 0.5) is 4.39 Å². The molecule has 0 atom stereocenters. The summed E-state index contributed by atoms with van der Waals surface area (Å²) in [7, 11) is 0. The Morgan fingerprint density at radius 2 is 1.27 bits per heavy atom. The van der Waals surface area contributed by atoms with Gasteiger partial charge in [0.15, 0.2) is 0 Å². The Balaban J connectivity index is -0.000000144. The molecule has 0 heterocycles. The van der Waals surface area contributed by atoms with E-state index in [1.807, 2.05) is 27.7 Å². The molecule has 0 N–H and O–H groups in total. The van der Waals surface area contributed by atoms with Gasteiger partial charge in [0.25, 0.3) is 0 Å². The molecule has 0 radical (unpaired) electrons. The van der Waals surface area contributed by atoms with Crippen LogP contribution in [-0.2, 0) is 0 Å². The topological polar surface area (TPSA) is 0 Å². The van der Waals surface area contributed by atoms with Crippen molar-refractivity contribution >= 4 is 0 Å². The van der Waals surface area contributed by atoms with Crippen LogP contribution < -0.4 is 0 Å². The van der Waals surface area contributed by atoms with Crippen molar-refractivity contribution in [2.24, 2.45) is 0 Å². The SMILES string of the molecule is CC.CC.Fc1ccccc1.[HH]. The number of benzene rings is 1. The molecule has 0 aliphatic carbocycles. The highest BCUT2D eigenvalue weighted by atomic mass is 19.1. The lowest BCUT2D eigenvalue weighted by Crippen LogP contribution is -1.63. The summed E-state index contributed by atoms with van der Waals surface area (Å²) in [5.74, 6) is -0.178. The summed E-state index contributed by atoms with van der Waals surface area (Å²) in [4.78, 5) is 0. The maximum absolute atomic E-state index is 11.9. The molecule has 0 amide bonds. The Morgan fingerprint density at radius 3 is 1.45 bits per heavy atom. The molecule has 0 nitrogen and oxygen atoms in total. The Kier molecular flexibility index (Phi) is 13.8. The summed E-state index contributed by atoms with van der Waals surface area (Å²) in [6.45, 7) is 8.00. The maximum atomic E-state index is 11.9. The van der Waals surface area contributed by atoms with Gasteiger partial charge < -0.3 is 0 Å². The highest BCUT2D eigenvalue weighted by Gasteiger charge is 1.77. The molecule has 11 heavy (non-hydrogen) atoms. The van der Waals surface area contributed by atoms with E-state index in [4.69, 9.17) is 0 Å². The molecule has 0 unspecified atom stereocenters. The largest absolute Gasteiger partial charge is 0.207 e. The molecule has 0 saturated heterocycles. The van der Waals surface area contributed by atoms with E-state index in [1.165, 1.54) is 12.1 Å². The highest BCUT2D eigenvalue weighted by Crippen LogP contribution is 1.91. The molecule has 0 aliphatic heterocycles. The normalized spacial score (nSPS) is 6.64. The predicted octanol–water partition coefficient (Wildman–Crippen LogP) is 4.12.